The molecule has 0 saturated carbocycles. The number of hydrogen-bond acceptors (Lipinski definition) is 4. The molecule has 2 N–H and O–H groups in total. The monoisotopic (exact) mass is 411 g/mol. The van der Waals surface area contributed by atoms with Crippen LogP contribution in [0.25, 0.3) is 0 Å². The molecule has 0 saturated heterocycles. The summed E-state index contributed by atoms with van der Waals surface area (Å²) in [6, 6.07) is 7.80. The van der Waals surface area contributed by atoms with Gasteiger partial charge in [0.1, 0.15) is 6.33 Å². The summed E-state index contributed by atoms with van der Waals surface area (Å²) in [5.74, 6) is 1.43. The number of benzene rings is 1. The maximum absolute atomic E-state index is 5.92. The molecule has 0 fully saturated rings. The van der Waals surface area contributed by atoms with Crippen molar-refractivity contribution in [2.75, 3.05) is 12.0 Å². The van der Waals surface area contributed by atoms with Crippen molar-refractivity contribution in [3.8, 4) is 0 Å². The van der Waals surface area contributed by atoms with Crippen molar-refractivity contribution < 1.29 is 0 Å². The molecular weight excluding hydrogens is 386 g/mol. The van der Waals surface area contributed by atoms with E-state index in [9.17, 15) is 0 Å². The smallest absolute Gasteiger partial charge is 0.210 e. The van der Waals surface area contributed by atoms with Crippen molar-refractivity contribution in [1.82, 2.24) is 20.2 Å². The molecule has 0 amide bonds. The third kappa shape index (κ3) is 7.13. The van der Waals surface area contributed by atoms with Crippen molar-refractivity contribution >= 4 is 40.7 Å². The van der Waals surface area contributed by atoms with Crippen molar-refractivity contribution in [1.29, 1.82) is 0 Å². The summed E-state index contributed by atoms with van der Waals surface area (Å²) in [4.78, 5) is 0. The molecule has 26 heavy (non-hydrogen) atoms. The molecule has 2 aromatic rings. The Morgan fingerprint density at radius 2 is 2.08 bits per heavy atom. The molecular formula is C18H26ClN5S2. The first kappa shape index (κ1) is 21.0. The lowest BCUT2D eigenvalue weighted by atomic mass is 9.99. The van der Waals surface area contributed by atoms with Gasteiger partial charge in [-0.15, -0.1) is 10.2 Å². The standard InChI is InChI=1S/C18H26ClN5S2/c1-3-5-6-14(4-2)11-20-17(25)23-24-13-21-22-18(24)26-12-15-7-9-16(19)10-8-15/h7-10,13-14H,3-6,11-12H2,1-2H3,(H2,20,23,25)/t14-/m1/s1. The van der Waals surface area contributed by atoms with Crippen LogP contribution < -0.4 is 10.7 Å². The Morgan fingerprint density at radius 1 is 1.31 bits per heavy atom. The van der Waals surface area contributed by atoms with Gasteiger partial charge in [-0.25, -0.2) is 4.68 Å². The highest BCUT2D eigenvalue weighted by Crippen LogP contribution is 2.21. The quantitative estimate of drug-likeness (QED) is 0.430. The summed E-state index contributed by atoms with van der Waals surface area (Å²) in [6.07, 6.45) is 6.51. The van der Waals surface area contributed by atoms with Gasteiger partial charge in [0.05, 0.1) is 0 Å². The van der Waals surface area contributed by atoms with Gasteiger partial charge in [-0.2, -0.15) is 0 Å². The topological polar surface area (TPSA) is 54.8 Å². The van der Waals surface area contributed by atoms with Crippen LogP contribution in [-0.2, 0) is 5.75 Å². The van der Waals surface area contributed by atoms with E-state index in [-0.39, 0.29) is 0 Å². The second-order valence-electron chi connectivity index (χ2n) is 6.14. The van der Waals surface area contributed by atoms with Crippen molar-refractivity contribution in [3.63, 3.8) is 0 Å². The minimum Gasteiger partial charge on any atom is -0.361 e. The van der Waals surface area contributed by atoms with E-state index in [1.54, 1.807) is 22.8 Å². The SMILES string of the molecule is CCCC[C@@H](CC)CNC(=S)Nn1cnnc1SCc1ccc(Cl)cc1. The zero-order valence-corrected chi connectivity index (χ0v) is 17.6. The first-order chi connectivity index (χ1) is 12.6. The normalized spacial score (nSPS) is 12.0. The second kappa shape index (κ2) is 11.4. The fourth-order valence-electron chi connectivity index (χ4n) is 2.46. The molecule has 1 aromatic heterocycles. The fraction of sp³-hybridized carbons (Fsp3) is 0.500. The van der Waals surface area contributed by atoms with Gasteiger partial charge in [0.2, 0.25) is 5.16 Å². The lowest BCUT2D eigenvalue weighted by Crippen LogP contribution is -2.36. The number of nitrogens with zero attached hydrogens (tertiary/aromatic N) is 3. The van der Waals surface area contributed by atoms with Gasteiger partial charge in [-0.05, 0) is 42.3 Å². The van der Waals surface area contributed by atoms with Gasteiger partial charge in [0.15, 0.2) is 5.11 Å². The third-order valence-electron chi connectivity index (χ3n) is 4.11. The van der Waals surface area contributed by atoms with Gasteiger partial charge < -0.3 is 5.32 Å². The maximum atomic E-state index is 5.92. The van der Waals surface area contributed by atoms with Crippen LogP contribution in [0.3, 0.4) is 0 Å². The van der Waals surface area contributed by atoms with Gasteiger partial charge in [-0.3, -0.25) is 5.43 Å². The first-order valence-electron chi connectivity index (χ1n) is 8.94. The van der Waals surface area contributed by atoms with E-state index in [2.05, 4.69) is 34.8 Å². The van der Waals surface area contributed by atoms with Gasteiger partial charge in [-0.1, -0.05) is 68.6 Å². The number of nitrogens with one attached hydrogen (secondary N) is 2. The molecule has 5 nitrogen and oxygen atoms in total. The van der Waals surface area contributed by atoms with Crippen LogP contribution in [0.2, 0.25) is 5.02 Å². The molecule has 0 spiro atoms. The van der Waals surface area contributed by atoms with Crippen molar-refractivity contribution in [2.24, 2.45) is 5.92 Å². The number of hydrogen-bond donors (Lipinski definition) is 2. The number of unbranched alkanes of at least 4 members (excludes halogenated alkanes) is 1. The highest BCUT2D eigenvalue weighted by Gasteiger charge is 2.09. The molecule has 8 heteroatoms. The van der Waals surface area contributed by atoms with Gasteiger partial charge in [0.25, 0.3) is 0 Å². The fourth-order valence-corrected chi connectivity index (χ4v) is 3.59. The predicted octanol–water partition coefficient (Wildman–Crippen LogP) is 4.86. The summed E-state index contributed by atoms with van der Waals surface area (Å²) >= 11 is 12.9. The molecule has 2 rings (SSSR count). The van der Waals surface area contributed by atoms with Crippen LogP contribution in [0.15, 0.2) is 35.7 Å². The lowest BCUT2D eigenvalue weighted by Gasteiger charge is -2.17. The minimum atomic E-state index is 0.591. The van der Waals surface area contributed by atoms with Gasteiger partial charge >= 0.3 is 0 Å². The van der Waals surface area contributed by atoms with Crippen LogP contribution in [0.4, 0.5) is 0 Å². The summed E-state index contributed by atoms with van der Waals surface area (Å²) in [6.45, 7) is 5.34. The maximum Gasteiger partial charge on any atom is 0.210 e. The summed E-state index contributed by atoms with van der Waals surface area (Å²) in [5, 5.41) is 13.5. The van der Waals surface area contributed by atoms with Crippen molar-refractivity contribution in [2.45, 2.75) is 50.4 Å². The molecule has 0 aliphatic carbocycles. The second-order valence-corrected chi connectivity index (χ2v) is 7.92. The minimum absolute atomic E-state index is 0.591. The average Bonchev–Trinajstić information content (AvgIpc) is 3.08. The van der Waals surface area contributed by atoms with Crippen LogP contribution in [0.5, 0.6) is 0 Å². The first-order valence-corrected chi connectivity index (χ1v) is 10.7. The van der Waals surface area contributed by atoms with Gasteiger partial charge in [0, 0.05) is 17.3 Å². The number of halogens is 1. The Kier molecular flexibility index (Phi) is 9.22. The number of thiocarbonyl (C=S) groups is 1. The molecule has 1 heterocycles. The van der Waals surface area contributed by atoms with E-state index >= 15 is 0 Å². The Hall–Kier alpha value is -1.31. The summed E-state index contributed by atoms with van der Waals surface area (Å²) in [7, 11) is 0. The Balaban J connectivity index is 1.81. The van der Waals surface area contributed by atoms with Crippen LogP contribution in [0, 0.1) is 5.92 Å². The molecule has 0 aliphatic heterocycles. The van der Waals surface area contributed by atoms with E-state index in [0.717, 1.165) is 28.9 Å². The van der Waals surface area contributed by atoms with E-state index < -0.39 is 0 Å². The lowest BCUT2D eigenvalue weighted by molar-refractivity contribution is 0.446. The molecule has 1 atom stereocenters. The van der Waals surface area contributed by atoms with Crippen LogP contribution >= 0.6 is 35.6 Å². The van der Waals surface area contributed by atoms with E-state index in [1.165, 1.54) is 24.8 Å². The summed E-state index contributed by atoms with van der Waals surface area (Å²) < 4.78 is 1.75. The molecule has 142 valence electrons. The highest BCUT2D eigenvalue weighted by molar-refractivity contribution is 7.98. The van der Waals surface area contributed by atoms with Crippen LogP contribution in [-0.4, -0.2) is 26.5 Å². The number of rotatable bonds is 10. The molecule has 0 radical (unpaired) electrons. The predicted molar refractivity (Wildman–Crippen MR) is 114 cm³/mol. The number of thioether (sulfide) groups is 1. The zero-order valence-electron chi connectivity index (χ0n) is 15.2. The molecule has 1 aromatic carbocycles. The molecule has 0 aliphatic rings. The zero-order chi connectivity index (χ0) is 18.8. The molecule has 0 bridgehead atoms. The number of aromatic nitrogens is 3. The summed E-state index contributed by atoms with van der Waals surface area (Å²) in [5.41, 5.74) is 4.32. The molecule has 0 unspecified atom stereocenters. The van der Waals surface area contributed by atoms with E-state index in [1.807, 2.05) is 24.3 Å². The Morgan fingerprint density at radius 3 is 2.77 bits per heavy atom. The Bertz CT molecular complexity index is 674. The van der Waals surface area contributed by atoms with E-state index in [4.69, 9.17) is 23.8 Å². The van der Waals surface area contributed by atoms with Crippen LogP contribution in [0.1, 0.15) is 45.1 Å². The Labute approximate surface area is 170 Å². The van der Waals surface area contributed by atoms with E-state index in [0.29, 0.717) is 11.0 Å². The largest absolute Gasteiger partial charge is 0.361 e. The third-order valence-corrected chi connectivity index (χ3v) is 5.62. The van der Waals surface area contributed by atoms with Crippen molar-refractivity contribution in [3.05, 3.63) is 41.2 Å². The average molecular weight is 412 g/mol. The highest BCUT2D eigenvalue weighted by atomic mass is 35.5.